The fourth-order valence-electron chi connectivity index (χ4n) is 4.00. The molecule has 0 heterocycles. The summed E-state index contributed by atoms with van der Waals surface area (Å²) >= 11 is 0. The molecule has 9 nitrogen and oxygen atoms in total. The summed E-state index contributed by atoms with van der Waals surface area (Å²) in [5, 5.41) is 2.74. The first-order valence-corrected chi connectivity index (χ1v) is 14.2. The van der Waals surface area contributed by atoms with Crippen molar-refractivity contribution >= 4 is 27.5 Å². The van der Waals surface area contributed by atoms with Gasteiger partial charge in [-0.1, -0.05) is 30.3 Å². The Morgan fingerprint density at radius 3 is 2.23 bits per heavy atom. The first kappa shape index (κ1) is 29.5. The zero-order valence-electron chi connectivity index (χ0n) is 22.7. The van der Waals surface area contributed by atoms with Crippen LogP contribution in [-0.4, -0.2) is 58.0 Å². The van der Waals surface area contributed by atoms with E-state index in [1.807, 2.05) is 13.0 Å². The third-order valence-electron chi connectivity index (χ3n) is 6.05. The van der Waals surface area contributed by atoms with Crippen LogP contribution in [0.4, 0.5) is 5.69 Å². The average molecular weight is 554 g/mol. The molecule has 39 heavy (non-hydrogen) atoms. The number of nitrogens with one attached hydrogen (secondary N) is 1. The van der Waals surface area contributed by atoms with Crippen molar-refractivity contribution < 1.29 is 27.5 Å². The van der Waals surface area contributed by atoms with Gasteiger partial charge in [-0.25, -0.2) is 8.42 Å². The van der Waals surface area contributed by atoms with E-state index < -0.39 is 28.5 Å². The highest BCUT2D eigenvalue weighted by Crippen LogP contribution is 2.27. The molecule has 0 aliphatic heterocycles. The SMILES string of the molecule is CCNC(=O)C(C)N(Cc1cccc(OC)c1)C(=O)CN(c1ccc(OCC)cc1)S(=O)(=O)c1ccccc1. The third-order valence-corrected chi connectivity index (χ3v) is 7.84. The standard InChI is InChI=1S/C29H35N3O6S/c1-5-30-29(34)22(3)31(20-23-11-10-12-26(19-23)37-4)28(33)21-32(24-15-17-25(18-16-24)38-6-2)39(35,36)27-13-8-7-9-14-27/h7-19,22H,5-6,20-21H2,1-4H3,(H,30,34). The molecule has 1 atom stereocenters. The third kappa shape index (κ3) is 7.51. The highest BCUT2D eigenvalue weighted by atomic mass is 32.2. The van der Waals surface area contributed by atoms with Gasteiger partial charge in [-0.05, 0) is 74.9 Å². The lowest BCUT2D eigenvalue weighted by Gasteiger charge is -2.32. The molecule has 0 radical (unpaired) electrons. The Morgan fingerprint density at radius 2 is 1.62 bits per heavy atom. The molecular weight excluding hydrogens is 518 g/mol. The van der Waals surface area contributed by atoms with E-state index in [0.29, 0.717) is 30.3 Å². The molecule has 10 heteroatoms. The van der Waals surface area contributed by atoms with Gasteiger partial charge in [-0.2, -0.15) is 0 Å². The molecular formula is C29H35N3O6S. The van der Waals surface area contributed by atoms with Crippen LogP contribution in [0.25, 0.3) is 0 Å². The lowest BCUT2D eigenvalue weighted by Crippen LogP contribution is -2.51. The Bertz CT molecular complexity index is 1350. The monoisotopic (exact) mass is 553 g/mol. The second-order valence-corrected chi connectivity index (χ2v) is 10.6. The van der Waals surface area contributed by atoms with Crippen molar-refractivity contribution in [3.05, 3.63) is 84.4 Å². The number of anilines is 1. The van der Waals surface area contributed by atoms with Crippen molar-refractivity contribution in [2.45, 2.75) is 38.3 Å². The summed E-state index contributed by atoms with van der Waals surface area (Å²) in [7, 11) is -2.58. The van der Waals surface area contributed by atoms with Crippen LogP contribution in [0, 0.1) is 0 Å². The zero-order chi connectivity index (χ0) is 28.4. The van der Waals surface area contributed by atoms with Crippen LogP contribution in [0.2, 0.25) is 0 Å². The lowest BCUT2D eigenvalue weighted by atomic mass is 10.1. The quantitative estimate of drug-likeness (QED) is 0.345. The maximum atomic E-state index is 13.9. The van der Waals surface area contributed by atoms with E-state index in [-0.39, 0.29) is 17.3 Å². The molecule has 2 amide bonds. The van der Waals surface area contributed by atoms with Crippen molar-refractivity contribution in [2.24, 2.45) is 0 Å². The first-order chi connectivity index (χ1) is 18.7. The minimum absolute atomic E-state index is 0.0443. The summed E-state index contributed by atoms with van der Waals surface area (Å²) in [6.45, 7) is 5.68. The summed E-state index contributed by atoms with van der Waals surface area (Å²) in [6.07, 6.45) is 0. The number of methoxy groups -OCH3 is 1. The van der Waals surface area contributed by atoms with Crippen molar-refractivity contribution in [1.29, 1.82) is 0 Å². The van der Waals surface area contributed by atoms with E-state index >= 15 is 0 Å². The molecule has 0 saturated carbocycles. The van der Waals surface area contributed by atoms with E-state index in [4.69, 9.17) is 9.47 Å². The number of likely N-dealkylation sites (N-methyl/N-ethyl adjacent to an activating group) is 1. The molecule has 208 valence electrons. The molecule has 1 N–H and O–H groups in total. The highest BCUT2D eigenvalue weighted by molar-refractivity contribution is 7.92. The van der Waals surface area contributed by atoms with Crippen molar-refractivity contribution in [1.82, 2.24) is 10.2 Å². The number of sulfonamides is 1. The van der Waals surface area contributed by atoms with Crippen LogP contribution in [0.15, 0.2) is 83.8 Å². The Hall–Kier alpha value is -4.05. The van der Waals surface area contributed by atoms with Crippen LogP contribution >= 0.6 is 0 Å². The lowest BCUT2D eigenvalue weighted by molar-refractivity contribution is -0.139. The molecule has 0 aliphatic rings. The molecule has 0 saturated heterocycles. The predicted molar refractivity (Wildman–Crippen MR) is 150 cm³/mol. The zero-order valence-corrected chi connectivity index (χ0v) is 23.5. The molecule has 1 unspecified atom stereocenters. The summed E-state index contributed by atoms with van der Waals surface area (Å²) in [4.78, 5) is 28.1. The molecule has 0 aliphatic carbocycles. The van der Waals surface area contributed by atoms with E-state index in [1.165, 1.54) is 17.0 Å². The van der Waals surface area contributed by atoms with E-state index in [1.54, 1.807) is 81.6 Å². The minimum Gasteiger partial charge on any atom is -0.497 e. The Morgan fingerprint density at radius 1 is 0.923 bits per heavy atom. The van der Waals surface area contributed by atoms with Gasteiger partial charge < -0.3 is 19.7 Å². The largest absolute Gasteiger partial charge is 0.497 e. The number of hydrogen-bond donors (Lipinski definition) is 1. The normalized spacial score (nSPS) is 11.8. The van der Waals surface area contributed by atoms with Gasteiger partial charge in [0.2, 0.25) is 11.8 Å². The fraction of sp³-hybridized carbons (Fsp3) is 0.310. The van der Waals surface area contributed by atoms with Crippen LogP contribution < -0.4 is 19.1 Å². The molecule has 0 spiro atoms. The molecule has 0 bridgehead atoms. The number of hydrogen-bond acceptors (Lipinski definition) is 6. The molecule has 0 fully saturated rings. The van der Waals surface area contributed by atoms with Gasteiger partial charge in [0.05, 0.1) is 24.3 Å². The summed E-state index contributed by atoms with van der Waals surface area (Å²) in [6, 6.07) is 20.7. The van der Waals surface area contributed by atoms with E-state index in [0.717, 1.165) is 9.87 Å². The maximum Gasteiger partial charge on any atom is 0.264 e. The summed E-state index contributed by atoms with van der Waals surface area (Å²) < 4.78 is 39.4. The van der Waals surface area contributed by atoms with E-state index in [2.05, 4.69) is 5.32 Å². The average Bonchev–Trinajstić information content (AvgIpc) is 2.95. The molecule has 3 rings (SSSR count). The highest BCUT2D eigenvalue weighted by Gasteiger charge is 2.32. The number of ether oxygens (including phenoxy) is 2. The number of nitrogens with zero attached hydrogens (tertiary/aromatic N) is 2. The maximum absolute atomic E-state index is 13.9. The Kier molecular flexibility index (Phi) is 10.3. The van der Waals surface area contributed by atoms with Gasteiger partial charge in [-0.15, -0.1) is 0 Å². The second-order valence-electron chi connectivity index (χ2n) is 8.70. The smallest absolute Gasteiger partial charge is 0.264 e. The first-order valence-electron chi connectivity index (χ1n) is 12.7. The number of carbonyl (C=O) groups is 2. The van der Waals surface area contributed by atoms with Crippen LogP contribution in [-0.2, 0) is 26.2 Å². The minimum atomic E-state index is -4.12. The van der Waals surface area contributed by atoms with Gasteiger partial charge in [-0.3, -0.25) is 13.9 Å². The topological polar surface area (TPSA) is 105 Å². The number of carbonyl (C=O) groups excluding carboxylic acids is 2. The van der Waals surface area contributed by atoms with Crippen LogP contribution in [0.1, 0.15) is 26.3 Å². The molecule has 0 aromatic heterocycles. The summed E-state index contributed by atoms with van der Waals surface area (Å²) in [5.41, 5.74) is 1.03. The molecule has 3 aromatic carbocycles. The number of amides is 2. The second kappa shape index (κ2) is 13.7. The predicted octanol–water partition coefficient (Wildman–Crippen LogP) is 3.84. The van der Waals surface area contributed by atoms with Gasteiger partial charge >= 0.3 is 0 Å². The fourth-order valence-corrected chi connectivity index (χ4v) is 5.43. The molecule has 3 aromatic rings. The van der Waals surface area contributed by atoms with E-state index in [9.17, 15) is 18.0 Å². The van der Waals surface area contributed by atoms with Crippen LogP contribution in [0.5, 0.6) is 11.5 Å². The summed E-state index contributed by atoms with van der Waals surface area (Å²) in [5.74, 6) is 0.305. The Labute approximate surface area is 230 Å². The Balaban J connectivity index is 2.02. The number of rotatable bonds is 13. The van der Waals surface area contributed by atoms with Gasteiger partial charge in [0.25, 0.3) is 10.0 Å². The van der Waals surface area contributed by atoms with Crippen LogP contribution in [0.3, 0.4) is 0 Å². The number of benzene rings is 3. The van der Waals surface area contributed by atoms with Crippen molar-refractivity contribution in [3.8, 4) is 11.5 Å². The van der Waals surface area contributed by atoms with Gasteiger partial charge in [0.15, 0.2) is 0 Å². The van der Waals surface area contributed by atoms with Gasteiger partial charge in [0, 0.05) is 13.1 Å². The van der Waals surface area contributed by atoms with Crippen molar-refractivity contribution in [3.63, 3.8) is 0 Å². The van der Waals surface area contributed by atoms with Crippen molar-refractivity contribution in [2.75, 3.05) is 31.1 Å². The van der Waals surface area contributed by atoms with Gasteiger partial charge in [0.1, 0.15) is 24.1 Å².